The van der Waals surface area contributed by atoms with Gasteiger partial charge >= 0.3 is 0 Å². The highest BCUT2D eigenvalue weighted by atomic mass is 14.8. The molecule has 3 aliphatic rings. The average molecular weight is 484 g/mol. The van der Waals surface area contributed by atoms with Crippen LogP contribution in [0.4, 0.5) is 11.4 Å². The zero-order valence-electron chi connectivity index (χ0n) is 23.5. The standard InChI is InChI=1S/C13H17N.C12H15N.C8H13N/c1-4-10(3)12-8-11-6-5-9(2)7-13(11)14-12;1-3-9(2)12-8-10-6-4-5-7-11(10)13-12;1-3-7(2)8-4-5-9-6-8/h5-7,10H,4,8H2,1-3H3;4-7,9H,3,8H2,1-2H3;5-7H,3-4H2,1-2H3. The smallest absolute Gasteiger partial charge is 0.0667 e. The van der Waals surface area contributed by atoms with Gasteiger partial charge in [0.25, 0.3) is 0 Å². The molecule has 0 bridgehead atoms. The maximum Gasteiger partial charge on any atom is 0.0667 e. The first kappa shape index (κ1) is 27.8. The van der Waals surface area contributed by atoms with Crippen molar-refractivity contribution >= 4 is 29.0 Å². The summed E-state index contributed by atoms with van der Waals surface area (Å²) in [7, 11) is 0. The molecule has 0 saturated heterocycles. The van der Waals surface area contributed by atoms with Gasteiger partial charge in [-0.2, -0.15) is 0 Å². The topological polar surface area (TPSA) is 37.1 Å². The Kier molecular flexibility index (Phi) is 10.4. The molecule has 0 N–H and O–H groups in total. The normalized spacial score (nSPS) is 17.4. The molecule has 0 fully saturated rings. The quantitative estimate of drug-likeness (QED) is 0.392. The van der Waals surface area contributed by atoms with Crippen LogP contribution in [-0.2, 0) is 12.8 Å². The highest BCUT2D eigenvalue weighted by Crippen LogP contribution is 2.30. The Labute approximate surface area is 219 Å². The van der Waals surface area contributed by atoms with Gasteiger partial charge < -0.3 is 0 Å². The van der Waals surface area contributed by atoms with E-state index in [4.69, 9.17) is 4.99 Å². The van der Waals surface area contributed by atoms with Crippen molar-refractivity contribution in [3.8, 4) is 0 Å². The van der Waals surface area contributed by atoms with E-state index in [0.29, 0.717) is 11.8 Å². The van der Waals surface area contributed by atoms with Gasteiger partial charge in [0, 0.05) is 43.1 Å². The maximum atomic E-state index is 4.70. The molecule has 3 aliphatic heterocycles. The second-order valence-electron chi connectivity index (χ2n) is 10.5. The van der Waals surface area contributed by atoms with E-state index in [9.17, 15) is 0 Å². The van der Waals surface area contributed by atoms with Gasteiger partial charge in [-0.25, -0.2) is 0 Å². The number of para-hydroxylation sites is 1. The maximum absolute atomic E-state index is 4.70. The van der Waals surface area contributed by atoms with Crippen molar-refractivity contribution in [2.75, 3.05) is 0 Å². The molecule has 3 atom stereocenters. The molecule has 2 aromatic carbocycles. The van der Waals surface area contributed by atoms with Crippen LogP contribution >= 0.6 is 0 Å². The van der Waals surface area contributed by atoms with Crippen LogP contribution in [0.25, 0.3) is 0 Å². The summed E-state index contributed by atoms with van der Waals surface area (Å²) < 4.78 is 0. The highest BCUT2D eigenvalue weighted by molar-refractivity contribution is 5.96. The highest BCUT2D eigenvalue weighted by Gasteiger charge is 2.18. The summed E-state index contributed by atoms with van der Waals surface area (Å²) in [4.78, 5) is 13.4. The van der Waals surface area contributed by atoms with Gasteiger partial charge in [-0.3, -0.25) is 15.0 Å². The van der Waals surface area contributed by atoms with Gasteiger partial charge in [0.05, 0.1) is 11.4 Å². The van der Waals surface area contributed by atoms with E-state index in [1.54, 1.807) is 0 Å². The van der Waals surface area contributed by atoms with Crippen molar-refractivity contribution in [2.24, 2.45) is 32.7 Å². The third-order valence-electron chi connectivity index (χ3n) is 7.78. The molecule has 3 heteroatoms. The third kappa shape index (κ3) is 7.35. The third-order valence-corrected chi connectivity index (χ3v) is 7.78. The summed E-state index contributed by atoms with van der Waals surface area (Å²) in [5.41, 5.74) is 10.6. The second-order valence-corrected chi connectivity index (χ2v) is 10.5. The molecular weight excluding hydrogens is 438 g/mol. The van der Waals surface area contributed by atoms with Gasteiger partial charge in [-0.05, 0) is 78.3 Å². The largest absolute Gasteiger partial charge is 0.269 e. The van der Waals surface area contributed by atoms with Gasteiger partial charge in [-0.15, -0.1) is 0 Å². The Morgan fingerprint density at radius 3 is 1.86 bits per heavy atom. The van der Waals surface area contributed by atoms with E-state index < -0.39 is 0 Å². The van der Waals surface area contributed by atoms with Crippen LogP contribution in [0.15, 0.2) is 69.2 Å². The predicted octanol–water partition coefficient (Wildman–Crippen LogP) is 9.42. The molecule has 3 heterocycles. The SMILES string of the molecule is CCC(C)C1=CN=CC1.CCC(C)C1=Nc2cc(C)ccc2C1.CCC(C)C1=Nc2ccccc2C1. The summed E-state index contributed by atoms with van der Waals surface area (Å²) >= 11 is 0. The van der Waals surface area contributed by atoms with E-state index in [0.717, 1.165) is 25.2 Å². The molecule has 3 nitrogen and oxygen atoms in total. The molecule has 0 radical (unpaired) electrons. The number of aliphatic imine (C=N–C) groups is 3. The lowest BCUT2D eigenvalue weighted by atomic mass is 9.98. The van der Waals surface area contributed by atoms with Crippen LogP contribution in [0.3, 0.4) is 0 Å². The summed E-state index contributed by atoms with van der Waals surface area (Å²) in [6.45, 7) is 15.5. The molecule has 0 aromatic heterocycles. The molecule has 5 rings (SSSR count). The molecule has 2 aromatic rings. The number of aryl methyl sites for hydroxylation is 1. The van der Waals surface area contributed by atoms with Crippen LogP contribution < -0.4 is 0 Å². The van der Waals surface area contributed by atoms with Crippen LogP contribution in [0.2, 0.25) is 0 Å². The van der Waals surface area contributed by atoms with E-state index in [1.807, 2.05) is 12.4 Å². The predicted molar refractivity (Wildman–Crippen MR) is 159 cm³/mol. The lowest BCUT2D eigenvalue weighted by Gasteiger charge is -2.06. The van der Waals surface area contributed by atoms with E-state index in [1.165, 1.54) is 64.3 Å². The fraction of sp³-hybridized carbons (Fsp3) is 0.485. The first-order chi connectivity index (χ1) is 17.4. The minimum Gasteiger partial charge on any atom is -0.269 e. The van der Waals surface area contributed by atoms with Crippen LogP contribution in [-0.4, -0.2) is 17.6 Å². The van der Waals surface area contributed by atoms with Crippen molar-refractivity contribution in [2.45, 2.75) is 87.0 Å². The number of hydrogen-bond acceptors (Lipinski definition) is 3. The first-order valence-electron chi connectivity index (χ1n) is 13.9. The van der Waals surface area contributed by atoms with E-state index >= 15 is 0 Å². The van der Waals surface area contributed by atoms with Crippen LogP contribution in [0.5, 0.6) is 0 Å². The number of nitrogens with zero attached hydrogens (tertiary/aromatic N) is 3. The van der Waals surface area contributed by atoms with Gasteiger partial charge in [0.2, 0.25) is 0 Å². The number of benzene rings is 2. The zero-order chi connectivity index (χ0) is 26.1. The van der Waals surface area contributed by atoms with Crippen molar-refractivity contribution in [3.63, 3.8) is 0 Å². The summed E-state index contributed by atoms with van der Waals surface area (Å²) in [6, 6.07) is 15.0. The molecule has 0 saturated carbocycles. The fourth-order valence-electron chi connectivity index (χ4n) is 4.47. The molecule has 3 unspecified atom stereocenters. The molecule has 0 aliphatic carbocycles. The van der Waals surface area contributed by atoms with Crippen LogP contribution in [0.1, 0.15) is 83.9 Å². The number of allylic oxidation sites excluding steroid dienone is 1. The Balaban J connectivity index is 0.000000154. The summed E-state index contributed by atoms with van der Waals surface area (Å²) in [5.74, 6) is 1.99. The molecule has 36 heavy (non-hydrogen) atoms. The molecule has 0 amide bonds. The number of hydrogen-bond donors (Lipinski definition) is 0. The first-order valence-corrected chi connectivity index (χ1v) is 13.9. The van der Waals surface area contributed by atoms with Crippen molar-refractivity contribution in [1.29, 1.82) is 0 Å². The zero-order valence-corrected chi connectivity index (χ0v) is 23.5. The fourth-order valence-corrected chi connectivity index (χ4v) is 4.47. The second kappa shape index (κ2) is 13.5. The van der Waals surface area contributed by atoms with Gasteiger partial charge in [-0.1, -0.05) is 71.9 Å². The Morgan fingerprint density at radius 1 is 0.722 bits per heavy atom. The summed E-state index contributed by atoms with van der Waals surface area (Å²) in [6.07, 6.45) is 10.8. The van der Waals surface area contributed by atoms with E-state index in [2.05, 4.69) is 101 Å². The number of fused-ring (bicyclic) bond motifs is 2. The minimum absolute atomic E-state index is 0.628. The lowest BCUT2D eigenvalue weighted by molar-refractivity contribution is 0.649. The summed E-state index contributed by atoms with van der Waals surface area (Å²) in [5, 5.41) is 0. The van der Waals surface area contributed by atoms with Crippen LogP contribution in [0, 0.1) is 24.7 Å². The lowest BCUT2D eigenvalue weighted by Crippen LogP contribution is -2.09. The van der Waals surface area contributed by atoms with E-state index in [-0.39, 0.29) is 0 Å². The Morgan fingerprint density at radius 2 is 1.31 bits per heavy atom. The number of rotatable bonds is 6. The van der Waals surface area contributed by atoms with Crippen molar-refractivity contribution in [1.82, 2.24) is 0 Å². The van der Waals surface area contributed by atoms with Crippen molar-refractivity contribution < 1.29 is 0 Å². The molecule has 0 spiro atoms. The Hall–Kier alpha value is -2.81. The van der Waals surface area contributed by atoms with Gasteiger partial charge in [0.1, 0.15) is 0 Å². The average Bonchev–Trinajstić information content (AvgIpc) is 3.67. The molecular formula is C33H45N3. The minimum atomic E-state index is 0.628. The van der Waals surface area contributed by atoms with Gasteiger partial charge in [0.15, 0.2) is 0 Å². The Bertz CT molecular complexity index is 1140. The molecule has 192 valence electrons. The van der Waals surface area contributed by atoms with Crippen molar-refractivity contribution in [3.05, 3.63) is 70.9 Å². The monoisotopic (exact) mass is 483 g/mol.